The largest absolute Gasteiger partial charge is 0.322 e. The molecule has 0 bridgehead atoms. The highest BCUT2D eigenvalue weighted by molar-refractivity contribution is 14.1. The predicted octanol–water partition coefficient (Wildman–Crippen LogP) is 4.23. The maximum Gasteiger partial charge on any atom is 0.132 e. The monoisotopic (exact) mass is 430 g/mol. The van der Waals surface area contributed by atoms with E-state index >= 15 is 0 Å². The number of aromatic nitrogens is 2. The predicted molar refractivity (Wildman–Crippen MR) is 78.9 cm³/mol. The summed E-state index contributed by atoms with van der Waals surface area (Å²) in [4.78, 5) is 4.38. The van der Waals surface area contributed by atoms with Gasteiger partial charge in [-0.3, -0.25) is 0 Å². The first-order chi connectivity index (χ1) is 7.22. The summed E-state index contributed by atoms with van der Waals surface area (Å²) in [5, 5.41) is 0. The lowest BCUT2D eigenvalue weighted by atomic mass is 9.84. The molecule has 84 valence electrons. The first kappa shape index (κ1) is 12.1. The highest BCUT2D eigenvalue weighted by Crippen LogP contribution is 2.35. The fourth-order valence-corrected chi connectivity index (χ4v) is 3.52. The maximum atomic E-state index is 4.38. The lowest BCUT2D eigenvalue weighted by Gasteiger charge is -2.29. The smallest absolute Gasteiger partial charge is 0.132 e. The molecule has 1 aliphatic carbocycles. The van der Waals surface area contributed by atoms with E-state index in [2.05, 4.69) is 61.7 Å². The minimum atomic E-state index is 0.701. The maximum absolute atomic E-state index is 4.38. The molecule has 0 spiro atoms. The molecule has 0 aliphatic heterocycles. The molecule has 0 aromatic carbocycles. The van der Waals surface area contributed by atoms with Crippen LogP contribution in [0.4, 0.5) is 0 Å². The van der Waals surface area contributed by atoms with E-state index in [0.29, 0.717) is 6.04 Å². The number of rotatable bonds is 2. The zero-order chi connectivity index (χ0) is 10.8. The summed E-state index contributed by atoms with van der Waals surface area (Å²) < 4.78 is 4.84. The Kier molecular flexibility index (Phi) is 4.32. The van der Waals surface area contributed by atoms with Crippen LogP contribution in [0.25, 0.3) is 0 Å². The second kappa shape index (κ2) is 5.33. The number of nitrogens with zero attached hydrogens (tertiary/aromatic N) is 2. The SMILES string of the molecule is CCC1CCCC(n2cnc(I)c2I)C1. The van der Waals surface area contributed by atoms with Gasteiger partial charge in [0.2, 0.25) is 0 Å². The van der Waals surface area contributed by atoms with E-state index in [4.69, 9.17) is 0 Å². The molecule has 1 aromatic heterocycles. The minimum absolute atomic E-state index is 0.701. The van der Waals surface area contributed by atoms with Gasteiger partial charge in [0.15, 0.2) is 0 Å². The normalized spacial score (nSPS) is 26.9. The Morgan fingerprint density at radius 2 is 2.27 bits per heavy atom. The molecule has 1 aromatic rings. The molecule has 2 nitrogen and oxygen atoms in total. The van der Waals surface area contributed by atoms with Crippen LogP contribution in [0, 0.1) is 13.3 Å². The second-order valence-electron chi connectivity index (χ2n) is 4.33. The van der Waals surface area contributed by atoms with Crippen LogP contribution in [-0.4, -0.2) is 9.55 Å². The van der Waals surface area contributed by atoms with Crippen LogP contribution in [0.15, 0.2) is 6.33 Å². The van der Waals surface area contributed by atoms with Gasteiger partial charge in [-0.15, -0.1) is 0 Å². The minimum Gasteiger partial charge on any atom is -0.322 e. The van der Waals surface area contributed by atoms with Gasteiger partial charge in [0.1, 0.15) is 7.40 Å². The molecule has 4 heteroatoms. The average molecular weight is 430 g/mol. The summed E-state index contributed by atoms with van der Waals surface area (Å²) in [7, 11) is 0. The van der Waals surface area contributed by atoms with E-state index in [0.717, 1.165) is 9.62 Å². The molecule has 0 radical (unpaired) electrons. The number of imidazole rings is 1. The Balaban J connectivity index is 2.13. The third-order valence-corrected chi connectivity index (χ3v) is 6.31. The molecule has 1 aliphatic rings. The van der Waals surface area contributed by atoms with E-state index in [1.165, 1.54) is 35.8 Å². The van der Waals surface area contributed by atoms with Crippen molar-refractivity contribution in [1.82, 2.24) is 9.55 Å². The third kappa shape index (κ3) is 2.68. The van der Waals surface area contributed by atoms with Crippen LogP contribution in [0.3, 0.4) is 0 Å². The first-order valence-corrected chi connectivity index (χ1v) is 7.76. The van der Waals surface area contributed by atoms with Crippen molar-refractivity contribution in [3.63, 3.8) is 0 Å². The lowest BCUT2D eigenvalue weighted by Crippen LogP contribution is -2.19. The summed E-state index contributed by atoms with van der Waals surface area (Å²) in [5.74, 6) is 0.930. The fraction of sp³-hybridized carbons (Fsp3) is 0.727. The highest BCUT2D eigenvalue weighted by Gasteiger charge is 2.23. The van der Waals surface area contributed by atoms with E-state index in [1.807, 2.05) is 6.33 Å². The summed E-state index contributed by atoms with van der Waals surface area (Å²) in [6.07, 6.45) is 8.84. The Morgan fingerprint density at radius 1 is 1.47 bits per heavy atom. The third-order valence-electron chi connectivity index (χ3n) is 3.42. The highest BCUT2D eigenvalue weighted by atomic mass is 127. The van der Waals surface area contributed by atoms with Gasteiger partial charge in [-0.05, 0) is 63.9 Å². The number of hydrogen-bond donors (Lipinski definition) is 0. The first-order valence-electron chi connectivity index (χ1n) is 5.60. The molecule has 2 rings (SSSR count). The zero-order valence-electron chi connectivity index (χ0n) is 8.92. The van der Waals surface area contributed by atoms with Gasteiger partial charge < -0.3 is 4.57 Å². The van der Waals surface area contributed by atoms with Crippen molar-refractivity contribution in [2.75, 3.05) is 0 Å². The van der Waals surface area contributed by atoms with E-state index in [9.17, 15) is 0 Å². The summed E-state index contributed by atoms with van der Waals surface area (Å²) in [6, 6.07) is 0.701. The topological polar surface area (TPSA) is 17.8 Å². The lowest BCUT2D eigenvalue weighted by molar-refractivity contribution is 0.259. The van der Waals surface area contributed by atoms with Crippen molar-refractivity contribution >= 4 is 45.2 Å². The van der Waals surface area contributed by atoms with E-state index < -0.39 is 0 Å². The molecule has 0 saturated heterocycles. The Bertz CT molecular complexity index is 335. The molecule has 2 atom stereocenters. The fourth-order valence-electron chi connectivity index (χ4n) is 2.46. The van der Waals surface area contributed by atoms with Gasteiger partial charge in [-0.1, -0.05) is 26.2 Å². The summed E-state index contributed by atoms with van der Waals surface area (Å²) >= 11 is 4.73. The van der Waals surface area contributed by atoms with Crippen LogP contribution in [0.2, 0.25) is 0 Å². The van der Waals surface area contributed by atoms with Crippen molar-refractivity contribution in [3.05, 3.63) is 13.7 Å². The van der Waals surface area contributed by atoms with Crippen LogP contribution in [-0.2, 0) is 0 Å². The second-order valence-corrected chi connectivity index (χ2v) is 6.37. The van der Waals surface area contributed by atoms with E-state index in [1.54, 1.807) is 0 Å². The van der Waals surface area contributed by atoms with Gasteiger partial charge in [0.05, 0.1) is 6.33 Å². The van der Waals surface area contributed by atoms with Crippen molar-refractivity contribution in [3.8, 4) is 0 Å². The number of halogens is 2. The van der Waals surface area contributed by atoms with Crippen LogP contribution in [0.5, 0.6) is 0 Å². The van der Waals surface area contributed by atoms with Gasteiger partial charge in [-0.25, -0.2) is 4.98 Å². The van der Waals surface area contributed by atoms with Gasteiger partial charge >= 0.3 is 0 Å². The molecule has 1 fully saturated rings. The summed E-state index contributed by atoms with van der Waals surface area (Å²) in [6.45, 7) is 2.32. The Hall–Kier alpha value is 0.670. The molecule has 15 heavy (non-hydrogen) atoms. The zero-order valence-corrected chi connectivity index (χ0v) is 13.2. The molecule has 0 N–H and O–H groups in total. The van der Waals surface area contributed by atoms with Crippen molar-refractivity contribution in [1.29, 1.82) is 0 Å². The molecule has 1 heterocycles. The van der Waals surface area contributed by atoms with Crippen molar-refractivity contribution < 1.29 is 0 Å². The van der Waals surface area contributed by atoms with Crippen LogP contribution < -0.4 is 0 Å². The summed E-state index contributed by atoms with van der Waals surface area (Å²) in [5.41, 5.74) is 0. The average Bonchev–Trinajstić information content (AvgIpc) is 2.60. The van der Waals surface area contributed by atoms with Crippen molar-refractivity contribution in [2.45, 2.75) is 45.1 Å². The number of hydrogen-bond acceptors (Lipinski definition) is 1. The molecule has 1 saturated carbocycles. The quantitative estimate of drug-likeness (QED) is 0.643. The Morgan fingerprint density at radius 3 is 2.87 bits per heavy atom. The standard InChI is InChI=1S/C11H16I2N2/c1-2-8-4-3-5-9(6-8)15-7-14-10(12)11(15)13/h7-9H,2-6H2,1H3. The Labute approximate surface area is 119 Å². The molecule has 2 unspecified atom stereocenters. The van der Waals surface area contributed by atoms with E-state index in [-0.39, 0.29) is 0 Å². The van der Waals surface area contributed by atoms with Gasteiger partial charge in [0, 0.05) is 6.04 Å². The van der Waals surface area contributed by atoms with Crippen LogP contribution >= 0.6 is 45.2 Å². The molecular formula is C11H16I2N2. The van der Waals surface area contributed by atoms with Crippen molar-refractivity contribution in [2.24, 2.45) is 5.92 Å². The van der Waals surface area contributed by atoms with Gasteiger partial charge in [-0.2, -0.15) is 0 Å². The van der Waals surface area contributed by atoms with Crippen LogP contribution in [0.1, 0.15) is 45.1 Å². The molecule has 0 amide bonds. The van der Waals surface area contributed by atoms with Gasteiger partial charge in [0.25, 0.3) is 0 Å². The molecular weight excluding hydrogens is 414 g/mol.